The number of hydrogen-bond acceptors (Lipinski definition) is 2. The van der Waals surface area contributed by atoms with Crippen molar-refractivity contribution >= 4 is 22.5 Å². The molecule has 4 rings (SSSR count). The maximum absolute atomic E-state index is 12.5. The number of carbonyl (C=O) groups excluding carboxylic acids is 1. The van der Waals surface area contributed by atoms with E-state index in [1.54, 1.807) is 0 Å². The first-order valence-corrected chi connectivity index (χ1v) is 7.68. The smallest absolute Gasteiger partial charge is 0.231 e. The van der Waals surface area contributed by atoms with Gasteiger partial charge >= 0.3 is 0 Å². The quantitative estimate of drug-likeness (QED) is 0.850. The van der Waals surface area contributed by atoms with Gasteiger partial charge < -0.3 is 5.32 Å². The second-order valence-corrected chi connectivity index (χ2v) is 6.13. The van der Waals surface area contributed by atoms with Crippen molar-refractivity contribution in [2.45, 2.75) is 44.4 Å². The summed E-state index contributed by atoms with van der Waals surface area (Å²) < 4.78 is 2.01. The van der Waals surface area contributed by atoms with Gasteiger partial charge in [0.2, 0.25) is 5.91 Å². The molecule has 0 radical (unpaired) electrons. The largest absolute Gasteiger partial charge is 0.383 e. The molecule has 20 heavy (non-hydrogen) atoms. The fourth-order valence-electron chi connectivity index (χ4n) is 4.16. The Morgan fingerprint density at radius 2 is 2.15 bits per heavy atom. The van der Waals surface area contributed by atoms with Crippen LogP contribution >= 0.6 is 0 Å². The summed E-state index contributed by atoms with van der Waals surface area (Å²) in [5.74, 6) is 0.259. The fraction of sp³-hybridized carbons (Fsp3) is 0.471. The number of anilines is 1. The van der Waals surface area contributed by atoms with Crippen molar-refractivity contribution in [3.05, 3.63) is 30.0 Å². The number of benzene rings is 1. The highest BCUT2D eigenvalue weighted by Gasteiger charge is 2.42. The molecule has 0 aliphatic carbocycles. The van der Waals surface area contributed by atoms with Crippen LogP contribution in [0.15, 0.2) is 24.3 Å². The number of carbonyl (C=O) groups is 1. The molecule has 104 valence electrons. The van der Waals surface area contributed by atoms with Gasteiger partial charge in [0.05, 0.1) is 16.9 Å². The zero-order valence-electron chi connectivity index (χ0n) is 11.9. The van der Waals surface area contributed by atoms with Gasteiger partial charge in [0.1, 0.15) is 0 Å². The summed E-state index contributed by atoms with van der Waals surface area (Å²) in [4.78, 5) is 12.5. The van der Waals surface area contributed by atoms with E-state index in [1.807, 2.05) is 10.6 Å². The lowest BCUT2D eigenvalue weighted by atomic mass is 9.72. The molecule has 3 heterocycles. The second kappa shape index (κ2) is 4.11. The number of hydrogen-bond donors (Lipinski definition) is 1. The van der Waals surface area contributed by atoms with Crippen LogP contribution in [0.4, 0.5) is 5.69 Å². The van der Waals surface area contributed by atoms with Crippen LogP contribution in [0.2, 0.25) is 0 Å². The van der Waals surface area contributed by atoms with E-state index in [9.17, 15) is 4.79 Å². The average molecular weight is 268 g/mol. The average Bonchev–Trinajstić information content (AvgIpc) is 2.70. The van der Waals surface area contributed by atoms with Gasteiger partial charge in [0, 0.05) is 23.8 Å². The van der Waals surface area contributed by atoms with Crippen molar-refractivity contribution in [1.29, 1.82) is 0 Å². The van der Waals surface area contributed by atoms with Crippen LogP contribution in [-0.4, -0.2) is 17.0 Å². The van der Waals surface area contributed by atoms with E-state index in [1.165, 1.54) is 29.6 Å². The van der Waals surface area contributed by atoms with E-state index >= 15 is 0 Å². The van der Waals surface area contributed by atoms with Gasteiger partial charge in [0.25, 0.3) is 0 Å². The number of rotatable bonds is 1. The number of nitrogens with zero attached hydrogens (tertiary/aromatic N) is 1. The summed E-state index contributed by atoms with van der Waals surface area (Å²) in [5.41, 5.74) is 3.74. The second-order valence-electron chi connectivity index (χ2n) is 6.13. The van der Waals surface area contributed by atoms with Crippen molar-refractivity contribution in [3.63, 3.8) is 0 Å². The minimum absolute atomic E-state index is 0.186. The van der Waals surface area contributed by atoms with Crippen molar-refractivity contribution in [2.24, 2.45) is 0 Å². The Hall–Kier alpha value is -1.77. The van der Waals surface area contributed by atoms with Crippen molar-refractivity contribution < 1.29 is 4.79 Å². The molecule has 2 aliphatic heterocycles. The van der Waals surface area contributed by atoms with Gasteiger partial charge in [-0.05, 0) is 31.7 Å². The van der Waals surface area contributed by atoms with Crippen LogP contribution in [0.3, 0.4) is 0 Å². The molecular formula is C17H20N2O. The van der Waals surface area contributed by atoms with Crippen molar-refractivity contribution in [2.75, 3.05) is 11.9 Å². The third kappa shape index (κ3) is 1.38. The minimum Gasteiger partial charge on any atom is -0.383 e. The molecule has 0 saturated heterocycles. The van der Waals surface area contributed by atoms with Crippen molar-refractivity contribution in [3.8, 4) is 0 Å². The normalized spacial score (nSPS) is 25.1. The Morgan fingerprint density at radius 3 is 3.00 bits per heavy atom. The molecule has 1 atom stereocenters. The molecule has 0 unspecified atom stereocenters. The summed E-state index contributed by atoms with van der Waals surface area (Å²) in [6, 6.07) is 8.31. The summed E-state index contributed by atoms with van der Waals surface area (Å²) >= 11 is 0. The highest BCUT2D eigenvalue weighted by atomic mass is 16.2. The highest BCUT2D eigenvalue weighted by molar-refractivity contribution is 6.03. The maximum atomic E-state index is 12.5. The monoisotopic (exact) mass is 268 g/mol. The maximum Gasteiger partial charge on any atom is 0.231 e. The van der Waals surface area contributed by atoms with Crippen LogP contribution in [0.5, 0.6) is 0 Å². The van der Waals surface area contributed by atoms with E-state index in [2.05, 4.69) is 30.4 Å². The van der Waals surface area contributed by atoms with Gasteiger partial charge in [-0.2, -0.15) is 0 Å². The zero-order valence-corrected chi connectivity index (χ0v) is 11.9. The first kappa shape index (κ1) is 12.0. The Balaban J connectivity index is 2.14. The molecule has 3 heteroatoms. The van der Waals surface area contributed by atoms with Gasteiger partial charge in [-0.1, -0.05) is 25.1 Å². The molecule has 0 saturated carbocycles. The predicted octanol–water partition coefficient (Wildman–Crippen LogP) is 3.93. The predicted molar refractivity (Wildman–Crippen MR) is 81.5 cm³/mol. The molecule has 1 N–H and O–H groups in total. The number of fused-ring (bicyclic) bond motifs is 3. The molecule has 0 bridgehead atoms. The zero-order chi connectivity index (χ0) is 13.7. The standard InChI is InChI=1S/C17H20N2O/c1-2-17-9-5-11-18-15-12-6-3-4-7-13(12)19(16(15)17)14(20)8-10-17/h3-4,6-7,18H,2,5,8-11H2,1H3/t17-/m1/s1. The fourth-order valence-corrected chi connectivity index (χ4v) is 4.16. The van der Waals surface area contributed by atoms with E-state index in [4.69, 9.17) is 0 Å². The highest BCUT2D eigenvalue weighted by Crippen LogP contribution is 2.49. The first-order chi connectivity index (χ1) is 9.77. The van der Waals surface area contributed by atoms with Crippen LogP contribution in [0.1, 0.15) is 49.5 Å². The summed E-state index contributed by atoms with van der Waals surface area (Å²) in [6.45, 7) is 3.28. The van der Waals surface area contributed by atoms with Gasteiger partial charge in [0.15, 0.2) is 0 Å². The summed E-state index contributed by atoms with van der Waals surface area (Å²) in [5, 5.41) is 4.80. The summed E-state index contributed by atoms with van der Waals surface area (Å²) in [7, 11) is 0. The lowest BCUT2D eigenvalue weighted by Crippen LogP contribution is -2.36. The molecule has 1 aromatic carbocycles. The Bertz CT molecular complexity index is 700. The third-order valence-electron chi connectivity index (χ3n) is 5.25. The topological polar surface area (TPSA) is 34.0 Å². The van der Waals surface area contributed by atoms with Crippen LogP contribution in [0, 0.1) is 0 Å². The van der Waals surface area contributed by atoms with E-state index < -0.39 is 0 Å². The third-order valence-corrected chi connectivity index (χ3v) is 5.25. The Morgan fingerprint density at radius 1 is 1.30 bits per heavy atom. The van der Waals surface area contributed by atoms with Crippen LogP contribution in [0.25, 0.3) is 10.9 Å². The van der Waals surface area contributed by atoms with Crippen molar-refractivity contribution in [1.82, 2.24) is 4.57 Å². The molecule has 1 aromatic heterocycles. The number of aromatic nitrogens is 1. The van der Waals surface area contributed by atoms with Crippen LogP contribution in [-0.2, 0) is 5.41 Å². The molecule has 0 amide bonds. The minimum atomic E-state index is 0.186. The molecule has 0 fully saturated rings. The van der Waals surface area contributed by atoms with Crippen LogP contribution < -0.4 is 5.32 Å². The van der Waals surface area contributed by atoms with E-state index in [-0.39, 0.29) is 11.3 Å². The lowest BCUT2D eigenvalue weighted by Gasteiger charge is -2.37. The molecular weight excluding hydrogens is 248 g/mol. The molecule has 2 aromatic rings. The van der Waals surface area contributed by atoms with E-state index in [0.29, 0.717) is 6.42 Å². The Kier molecular flexibility index (Phi) is 2.47. The van der Waals surface area contributed by atoms with Gasteiger partial charge in [-0.3, -0.25) is 9.36 Å². The SMILES string of the molecule is CC[C@]12CCCNc3c1n(c1ccccc31)C(=O)CC2. The Labute approximate surface area is 119 Å². The summed E-state index contributed by atoms with van der Waals surface area (Å²) in [6.07, 6.45) is 5.18. The first-order valence-electron chi connectivity index (χ1n) is 7.68. The van der Waals surface area contributed by atoms with Gasteiger partial charge in [-0.25, -0.2) is 0 Å². The number of para-hydroxylation sites is 1. The molecule has 3 nitrogen and oxygen atoms in total. The number of nitrogens with one attached hydrogen (secondary N) is 1. The molecule has 0 spiro atoms. The molecule has 2 aliphatic rings. The van der Waals surface area contributed by atoms with E-state index in [0.717, 1.165) is 24.9 Å². The van der Waals surface area contributed by atoms with Gasteiger partial charge in [-0.15, -0.1) is 0 Å². The lowest BCUT2D eigenvalue weighted by molar-refractivity contribution is 0.0851.